The fourth-order valence-corrected chi connectivity index (χ4v) is 5.36. The Morgan fingerprint density at radius 1 is 0.962 bits per heavy atom. The number of nitrogens with zero attached hydrogens (tertiary/aromatic N) is 3. The molecule has 2 saturated heterocycles. The van der Waals surface area contributed by atoms with E-state index in [1.165, 1.54) is 8.61 Å². The summed E-state index contributed by atoms with van der Waals surface area (Å²) < 4.78 is 28.8. The van der Waals surface area contributed by atoms with Gasteiger partial charge >= 0.3 is 0 Å². The number of carbonyl (C=O) groups excluding carboxylic acids is 1. The molecule has 0 aliphatic carbocycles. The van der Waals surface area contributed by atoms with Gasteiger partial charge in [0.2, 0.25) is 5.91 Å². The Morgan fingerprint density at radius 2 is 1.65 bits per heavy atom. The maximum absolute atomic E-state index is 13.0. The van der Waals surface area contributed by atoms with Crippen LogP contribution in [0.2, 0.25) is 0 Å². The molecule has 7 heteroatoms. The van der Waals surface area contributed by atoms with Crippen molar-refractivity contribution in [3.63, 3.8) is 0 Å². The van der Waals surface area contributed by atoms with Gasteiger partial charge in [-0.15, -0.1) is 0 Å². The van der Waals surface area contributed by atoms with Crippen molar-refractivity contribution in [1.82, 2.24) is 13.5 Å². The van der Waals surface area contributed by atoms with Crippen LogP contribution in [-0.2, 0) is 21.5 Å². The molecule has 0 radical (unpaired) electrons. The van der Waals surface area contributed by atoms with Crippen molar-refractivity contribution in [1.29, 1.82) is 0 Å². The molecule has 1 amide bonds. The molecule has 2 heterocycles. The molecule has 26 heavy (non-hydrogen) atoms. The Balaban J connectivity index is 1.67. The van der Waals surface area contributed by atoms with Gasteiger partial charge in [0.1, 0.15) is 0 Å². The standard InChI is InChI=1S/C19H29N3O3S/c1-17-8-6-9-18(14-17)15-21-12-7-13-22(26(21,24)25)16-19(23)20-10-4-2-3-5-11-20/h6,8-9,14H,2-5,7,10-13,15-16H2,1H3. The lowest BCUT2D eigenvalue weighted by atomic mass is 10.1. The van der Waals surface area contributed by atoms with Gasteiger partial charge in [0.25, 0.3) is 10.2 Å². The molecule has 1 aromatic carbocycles. The highest BCUT2D eigenvalue weighted by Gasteiger charge is 2.35. The molecule has 2 aliphatic heterocycles. The normalized spacial score (nSPS) is 22.1. The number of rotatable bonds is 4. The molecule has 0 unspecified atom stereocenters. The molecule has 2 fully saturated rings. The lowest BCUT2D eigenvalue weighted by Gasteiger charge is -2.35. The summed E-state index contributed by atoms with van der Waals surface area (Å²) in [6.07, 6.45) is 5.07. The summed E-state index contributed by atoms with van der Waals surface area (Å²) in [6, 6.07) is 7.91. The summed E-state index contributed by atoms with van der Waals surface area (Å²) in [4.78, 5) is 14.5. The van der Waals surface area contributed by atoms with E-state index in [0.717, 1.165) is 56.3 Å². The summed E-state index contributed by atoms with van der Waals surface area (Å²) in [7, 11) is -3.60. The monoisotopic (exact) mass is 379 g/mol. The second kappa shape index (κ2) is 8.50. The van der Waals surface area contributed by atoms with Gasteiger partial charge in [0, 0.05) is 32.7 Å². The smallest absolute Gasteiger partial charge is 0.282 e. The van der Waals surface area contributed by atoms with Gasteiger partial charge in [-0.05, 0) is 31.7 Å². The van der Waals surface area contributed by atoms with E-state index < -0.39 is 10.2 Å². The molecule has 0 saturated carbocycles. The zero-order chi connectivity index (χ0) is 18.6. The summed E-state index contributed by atoms with van der Waals surface area (Å²) >= 11 is 0. The molecule has 2 aliphatic rings. The minimum Gasteiger partial charge on any atom is -0.342 e. The second-order valence-electron chi connectivity index (χ2n) is 7.31. The van der Waals surface area contributed by atoms with Crippen LogP contribution < -0.4 is 0 Å². The summed E-state index contributed by atoms with van der Waals surface area (Å²) in [5.41, 5.74) is 2.10. The molecule has 0 spiro atoms. The Labute approximate surface area is 157 Å². The number of benzene rings is 1. The molecule has 0 atom stereocenters. The van der Waals surface area contributed by atoms with Crippen LogP contribution in [0.4, 0.5) is 0 Å². The number of aryl methyl sites for hydroxylation is 1. The van der Waals surface area contributed by atoms with E-state index in [2.05, 4.69) is 0 Å². The average molecular weight is 380 g/mol. The van der Waals surface area contributed by atoms with Crippen molar-refractivity contribution in [2.75, 3.05) is 32.7 Å². The summed E-state index contributed by atoms with van der Waals surface area (Å²) in [6.45, 7) is 4.75. The fraction of sp³-hybridized carbons (Fsp3) is 0.632. The number of carbonyl (C=O) groups is 1. The molecule has 0 N–H and O–H groups in total. The maximum atomic E-state index is 13.0. The van der Waals surface area contributed by atoms with Crippen molar-refractivity contribution in [3.05, 3.63) is 35.4 Å². The van der Waals surface area contributed by atoms with Gasteiger partial charge in [-0.3, -0.25) is 4.79 Å². The number of hydrogen-bond acceptors (Lipinski definition) is 3. The van der Waals surface area contributed by atoms with Gasteiger partial charge in [-0.1, -0.05) is 42.7 Å². The zero-order valence-electron chi connectivity index (χ0n) is 15.6. The first-order valence-corrected chi connectivity index (χ1v) is 10.9. The highest BCUT2D eigenvalue weighted by Crippen LogP contribution is 2.20. The van der Waals surface area contributed by atoms with Gasteiger partial charge in [-0.25, -0.2) is 0 Å². The van der Waals surface area contributed by atoms with Crippen LogP contribution in [0.1, 0.15) is 43.2 Å². The highest BCUT2D eigenvalue weighted by atomic mass is 32.2. The SMILES string of the molecule is Cc1cccc(CN2CCCN(CC(=O)N3CCCCCC3)S2(=O)=O)c1. The molecular weight excluding hydrogens is 350 g/mol. The first-order chi connectivity index (χ1) is 12.5. The predicted molar refractivity (Wildman–Crippen MR) is 102 cm³/mol. The Morgan fingerprint density at radius 3 is 2.35 bits per heavy atom. The second-order valence-corrected chi connectivity index (χ2v) is 9.24. The molecular formula is C19H29N3O3S. The van der Waals surface area contributed by atoms with Gasteiger partial charge < -0.3 is 4.90 Å². The summed E-state index contributed by atoms with van der Waals surface area (Å²) in [5, 5.41) is 0. The minimum atomic E-state index is -3.60. The molecule has 0 bridgehead atoms. The van der Waals surface area contributed by atoms with E-state index in [9.17, 15) is 13.2 Å². The zero-order valence-corrected chi connectivity index (χ0v) is 16.4. The number of amides is 1. The predicted octanol–water partition coefficient (Wildman–Crippen LogP) is 2.15. The first-order valence-electron chi connectivity index (χ1n) is 9.55. The molecule has 1 aromatic rings. The van der Waals surface area contributed by atoms with Crippen molar-refractivity contribution in [2.45, 2.75) is 45.6 Å². The van der Waals surface area contributed by atoms with Crippen molar-refractivity contribution in [2.24, 2.45) is 0 Å². The van der Waals surface area contributed by atoms with Gasteiger partial charge in [-0.2, -0.15) is 17.0 Å². The first kappa shape index (κ1) is 19.3. The van der Waals surface area contributed by atoms with E-state index in [4.69, 9.17) is 0 Å². The van der Waals surface area contributed by atoms with Gasteiger partial charge in [0.15, 0.2) is 0 Å². The van der Waals surface area contributed by atoms with Crippen LogP contribution in [-0.4, -0.2) is 60.6 Å². The Hall–Kier alpha value is -1.44. The molecule has 3 rings (SSSR count). The minimum absolute atomic E-state index is 0.0351. The van der Waals surface area contributed by atoms with Crippen molar-refractivity contribution < 1.29 is 13.2 Å². The van der Waals surface area contributed by atoms with E-state index in [1.807, 2.05) is 36.1 Å². The van der Waals surface area contributed by atoms with Crippen LogP contribution in [0.25, 0.3) is 0 Å². The number of likely N-dealkylation sites (tertiary alicyclic amines) is 1. The Kier molecular flexibility index (Phi) is 6.32. The Bertz CT molecular complexity index is 727. The maximum Gasteiger partial charge on any atom is 0.282 e. The van der Waals surface area contributed by atoms with Crippen molar-refractivity contribution >= 4 is 16.1 Å². The van der Waals surface area contributed by atoms with Crippen molar-refractivity contribution in [3.8, 4) is 0 Å². The van der Waals surface area contributed by atoms with E-state index in [-0.39, 0.29) is 12.5 Å². The van der Waals surface area contributed by atoms with Crippen LogP contribution in [0.15, 0.2) is 24.3 Å². The molecule has 144 valence electrons. The van der Waals surface area contributed by atoms with Crippen LogP contribution in [0.5, 0.6) is 0 Å². The lowest BCUT2D eigenvalue weighted by Crippen LogP contribution is -2.52. The molecule has 6 nitrogen and oxygen atoms in total. The quantitative estimate of drug-likeness (QED) is 0.805. The number of hydrogen-bond donors (Lipinski definition) is 0. The van der Waals surface area contributed by atoms with E-state index in [0.29, 0.717) is 19.6 Å². The largest absolute Gasteiger partial charge is 0.342 e. The molecule has 0 aromatic heterocycles. The third-order valence-corrected chi connectivity index (χ3v) is 7.11. The van der Waals surface area contributed by atoms with Crippen LogP contribution >= 0.6 is 0 Å². The van der Waals surface area contributed by atoms with Crippen LogP contribution in [0, 0.1) is 6.92 Å². The van der Waals surface area contributed by atoms with Gasteiger partial charge in [0.05, 0.1) is 6.54 Å². The fourth-order valence-electron chi connectivity index (χ4n) is 3.72. The van der Waals surface area contributed by atoms with Crippen LogP contribution in [0.3, 0.4) is 0 Å². The third-order valence-electron chi connectivity index (χ3n) is 5.18. The van der Waals surface area contributed by atoms with E-state index in [1.54, 1.807) is 0 Å². The highest BCUT2D eigenvalue weighted by molar-refractivity contribution is 7.86. The topological polar surface area (TPSA) is 60.9 Å². The van der Waals surface area contributed by atoms with E-state index >= 15 is 0 Å². The lowest BCUT2D eigenvalue weighted by molar-refractivity contribution is -0.131. The average Bonchev–Trinajstić information content (AvgIpc) is 2.88. The summed E-state index contributed by atoms with van der Waals surface area (Å²) in [5.74, 6) is -0.0621. The third kappa shape index (κ3) is 4.64.